The molecule has 0 heterocycles. The number of urea groups is 1. The summed E-state index contributed by atoms with van der Waals surface area (Å²) in [7, 11) is 0. The monoisotopic (exact) mass is 322 g/mol. The van der Waals surface area contributed by atoms with Crippen molar-refractivity contribution in [2.45, 2.75) is 37.8 Å². The van der Waals surface area contributed by atoms with Crippen LogP contribution in [0.3, 0.4) is 0 Å². The van der Waals surface area contributed by atoms with E-state index in [2.05, 4.69) is 10.6 Å². The van der Waals surface area contributed by atoms with Crippen LogP contribution in [0.15, 0.2) is 18.2 Å². The first kappa shape index (κ1) is 16.2. The fourth-order valence-electron chi connectivity index (χ4n) is 2.86. The molecule has 126 valence electrons. The van der Waals surface area contributed by atoms with Crippen LogP contribution in [0.25, 0.3) is 0 Å². The second-order valence-corrected chi connectivity index (χ2v) is 6.42. The van der Waals surface area contributed by atoms with Gasteiger partial charge in [-0.05, 0) is 54.9 Å². The van der Waals surface area contributed by atoms with E-state index in [9.17, 15) is 14.3 Å². The van der Waals surface area contributed by atoms with Crippen LogP contribution < -0.4 is 10.6 Å². The van der Waals surface area contributed by atoms with Gasteiger partial charge < -0.3 is 20.5 Å². The van der Waals surface area contributed by atoms with E-state index in [-0.39, 0.29) is 31.0 Å². The maximum absolute atomic E-state index is 13.3. The standard InChI is InChI=1S/C17H23FN2O3/c18-13-5-3-12-4-6-16(15(12)7-13)20-17(22)19-8-14(21)10-23-9-11-1-2-11/h3,5,7,11,14,16,21H,1-2,4,6,8-10H2,(H2,19,20,22). The van der Waals surface area contributed by atoms with Crippen molar-refractivity contribution in [2.24, 2.45) is 5.92 Å². The highest BCUT2D eigenvalue weighted by Crippen LogP contribution is 2.31. The summed E-state index contributed by atoms with van der Waals surface area (Å²) in [6.07, 6.45) is 3.30. The summed E-state index contributed by atoms with van der Waals surface area (Å²) in [4.78, 5) is 11.9. The Morgan fingerprint density at radius 3 is 3.00 bits per heavy atom. The van der Waals surface area contributed by atoms with Gasteiger partial charge in [-0.25, -0.2) is 9.18 Å². The SMILES string of the molecule is O=C(NCC(O)COCC1CC1)NC1CCc2ccc(F)cc21. The number of halogens is 1. The first-order chi connectivity index (χ1) is 11.1. The summed E-state index contributed by atoms with van der Waals surface area (Å²) >= 11 is 0. The molecular formula is C17H23FN2O3. The molecule has 1 fully saturated rings. The number of ether oxygens (including phenoxy) is 1. The van der Waals surface area contributed by atoms with Gasteiger partial charge in [0.2, 0.25) is 0 Å². The normalized spacial score (nSPS) is 20.9. The summed E-state index contributed by atoms with van der Waals surface area (Å²) in [6.45, 7) is 1.06. The number of hydrogen-bond donors (Lipinski definition) is 3. The molecule has 23 heavy (non-hydrogen) atoms. The molecule has 3 rings (SSSR count). The molecule has 2 amide bonds. The van der Waals surface area contributed by atoms with Gasteiger partial charge in [-0.2, -0.15) is 0 Å². The van der Waals surface area contributed by atoms with Crippen LogP contribution in [0, 0.1) is 11.7 Å². The molecule has 0 bridgehead atoms. The fraction of sp³-hybridized carbons (Fsp3) is 0.588. The number of aliphatic hydroxyl groups is 1. The van der Waals surface area contributed by atoms with Crippen LogP contribution in [0.4, 0.5) is 9.18 Å². The van der Waals surface area contributed by atoms with Crippen LogP contribution in [0.2, 0.25) is 0 Å². The Hall–Kier alpha value is -1.66. The molecule has 3 N–H and O–H groups in total. The van der Waals surface area contributed by atoms with Gasteiger partial charge in [-0.1, -0.05) is 6.07 Å². The van der Waals surface area contributed by atoms with Crippen molar-refractivity contribution in [3.63, 3.8) is 0 Å². The molecule has 5 nitrogen and oxygen atoms in total. The molecule has 1 aromatic rings. The topological polar surface area (TPSA) is 70.6 Å². The highest BCUT2D eigenvalue weighted by molar-refractivity contribution is 5.74. The average Bonchev–Trinajstić information content (AvgIpc) is 3.27. The number of nitrogens with one attached hydrogen (secondary N) is 2. The molecule has 1 aromatic carbocycles. The van der Waals surface area contributed by atoms with Crippen LogP contribution in [0.1, 0.15) is 36.4 Å². The molecular weight excluding hydrogens is 299 g/mol. The Bertz CT molecular complexity index is 563. The highest BCUT2D eigenvalue weighted by Gasteiger charge is 2.25. The van der Waals surface area contributed by atoms with E-state index in [4.69, 9.17) is 4.74 Å². The fourth-order valence-corrected chi connectivity index (χ4v) is 2.86. The van der Waals surface area contributed by atoms with Gasteiger partial charge in [0.25, 0.3) is 0 Å². The van der Waals surface area contributed by atoms with E-state index in [0.29, 0.717) is 12.5 Å². The Morgan fingerprint density at radius 1 is 1.39 bits per heavy atom. The minimum Gasteiger partial charge on any atom is -0.389 e. The van der Waals surface area contributed by atoms with Crippen molar-refractivity contribution in [1.82, 2.24) is 10.6 Å². The number of aliphatic hydroxyl groups excluding tert-OH is 1. The summed E-state index contributed by atoms with van der Waals surface area (Å²) in [6, 6.07) is 4.16. The zero-order valence-electron chi connectivity index (χ0n) is 13.1. The predicted octanol–water partition coefficient (Wildman–Crippen LogP) is 1.90. The van der Waals surface area contributed by atoms with Gasteiger partial charge in [0.1, 0.15) is 5.82 Å². The molecule has 2 aliphatic rings. The van der Waals surface area contributed by atoms with Crippen molar-refractivity contribution in [3.05, 3.63) is 35.1 Å². The van der Waals surface area contributed by atoms with Crippen LogP contribution in [0.5, 0.6) is 0 Å². The second-order valence-electron chi connectivity index (χ2n) is 6.42. The third-order valence-electron chi connectivity index (χ3n) is 4.35. The number of carbonyl (C=O) groups is 1. The molecule has 1 saturated carbocycles. The van der Waals surface area contributed by atoms with Crippen LogP contribution >= 0.6 is 0 Å². The lowest BCUT2D eigenvalue weighted by atomic mass is 10.1. The number of hydrogen-bond acceptors (Lipinski definition) is 3. The lowest BCUT2D eigenvalue weighted by Gasteiger charge is -2.17. The molecule has 0 spiro atoms. The zero-order valence-corrected chi connectivity index (χ0v) is 13.1. The first-order valence-electron chi connectivity index (χ1n) is 8.20. The van der Waals surface area contributed by atoms with Gasteiger partial charge in [0, 0.05) is 13.2 Å². The van der Waals surface area contributed by atoms with Crippen molar-refractivity contribution in [1.29, 1.82) is 0 Å². The maximum Gasteiger partial charge on any atom is 0.315 e. The lowest BCUT2D eigenvalue weighted by Crippen LogP contribution is -2.42. The summed E-state index contributed by atoms with van der Waals surface area (Å²) < 4.78 is 18.7. The van der Waals surface area contributed by atoms with E-state index < -0.39 is 6.10 Å². The minimum atomic E-state index is -0.715. The smallest absolute Gasteiger partial charge is 0.315 e. The first-order valence-corrected chi connectivity index (χ1v) is 8.20. The van der Waals surface area contributed by atoms with Crippen molar-refractivity contribution in [3.8, 4) is 0 Å². The number of carbonyl (C=O) groups excluding carboxylic acids is 1. The van der Waals surface area contributed by atoms with Gasteiger partial charge in [-0.3, -0.25) is 0 Å². The molecule has 2 atom stereocenters. The van der Waals surface area contributed by atoms with Crippen LogP contribution in [-0.2, 0) is 11.2 Å². The maximum atomic E-state index is 13.3. The molecule has 2 aliphatic carbocycles. The average molecular weight is 322 g/mol. The van der Waals surface area contributed by atoms with Crippen LogP contribution in [-0.4, -0.2) is 37.0 Å². The third-order valence-corrected chi connectivity index (χ3v) is 4.35. The summed E-state index contributed by atoms with van der Waals surface area (Å²) in [5.41, 5.74) is 1.92. The third kappa shape index (κ3) is 4.65. The number of amides is 2. The molecule has 0 saturated heterocycles. The summed E-state index contributed by atoms with van der Waals surface area (Å²) in [5, 5.41) is 15.2. The van der Waals surface area contributed by atoms with Crippen molar-refractivity contribution < 1.29 is 19.0 Å². The lowest BCUT2D eigenvalue weighted by molar-refractivity contribution is 0.0337. The van der Waals surface area contributed by atoms with Gasteiger partial charge in [0.05, 0.1) is 18.8 Å². The quantitative estimate of drug-likeness (QED) is 0.718. The number of aryl methyl sites for hydroxylation is 1. The van der Waals surface area contributed by atoms with Crippen molar-refractivity contribution >= 4 is 6.03 Å². The van der Waals surface area contributed by atoms with Gasteiger partial charge >= 0.3 is 6.03 Å². The number of fused-ring (bicyclic) bond motifs is 1. The number of benzene rings is 1. The van der Waals surface area contributed by atoms with E-state index in [0.717, 1.165) is 24.0 Å². The van der Waals surface area contributed by atoms with E-state index in [1.165, 1.54) is 25.0 Å². The van der Waals surface area contributed by atoms with Crippen molar-refractivity contribution in [2.75, 3.05) is 19.8 Å². The Kier molecular flexibility index (Phi) is 5.13. The minimum absolute atomic E-state index is 0.138. The Labute approximate surface area is 135 Å². The Balaban J connectivity index is 1.39. The zero-order chi connectivity index (χ0) is 16.2. The predicted molar refractivity (Wildman–Crippen MR) is 83.5 cm³/mol. The van der Waals surface area contributed by atoms with Gasteiger partial charge in [0.15, 0.2) is 0 Å². The molecule has 6 heteroatoms. The highest BCUT2D eigenvalue weighted by atomic mass is 19.1. The molecule has 0 aromatic heterocycles. The molecule has 2 unspecified atom stereocenters. The van der Waals surface area contributed by atoms with E-state index in [1.54, 1.807) is 6.07 Å². The van der Waals surface area contributed by atoms with E-state index in [1.807, 2.05) is 0 Å². The van der Waals surface area contributed by atoms with E-state index >= 15 is 0 Å². The number of rotatable bonds is 7. The second kappa shape index (κ2) is 7.27. The summed E-state index contributed by atoms with van der Waals surface area (Å²) in [5.74, 6) is 0.363. The Morgan fingerprint density at radius 2 is 2.22 bits per heavy atom. The van der Waals surface area contributed by atoms with Gasteiger partial charge in [-0.15, -0.1) is 0 Å². The molecule has 0 radical (unpaired) electrons. The largest absolute Gasteiger partial charge is 0.389 e. The molecule has 0 aliphatic heterocycles.